The maximum Gasteiger partial charge on any atom is 0.311 e. The van der Waals surface area contributed by atoms with E-state index in [1.54, 1.807) is 12.1 Å². The minimum atomic E-state index is -0.428. The van der Waals surface area contributed by atoms with Gasteiger partial charge in [-0.3, -0.25) is 10.1 Å². The van der Waals surface area contributed by atoms with Crippen molar-refractivity contribution in [2.75, 3.05) is 24.7 Å². The summed E-state index contributed by atoms with van der Waals surface area (Å²) in [5, 5.41) is 20.2. The van der Waals surface area contributed by atoms with E-state index in [0.29, 0.717) is 24.9 Å². The second-order valence-corrected chi connectivity index (χ2v) is 4.91. The van der Waals surface area contributed by atoms with Gasteiger partial charge in [0.25, 0.3) is 0 Å². The number of nitro benzene ring substituents is 1. The lowest BCUT2D eigenvalue weighted by Crippen LogP contribution is -2.28. The van der Waals surface area contributed by atoms with Crippen molar-refractivity contribution >= 4 is 11.4 Å². The van der Waals surface area contributed by atoms with Gasteiger partial charge >= 0.3 is 5.69 Å². The van der Waals surface area contributed by atoms with Crippen molar-refractivity contribution in [3.8, 4) is 5.75 Å². The van der Waals surface area contributed by atoms with Gasteiger partial charge in [-0.1, -0.05) is 6.92 Å². The van der Waals surface area contributed by atoms with Gasteiger partial charge in [-0.2, -0.15) is 0 Å². The van der Waals surface area contributed by atoms with Crippen LogP contribution in [0, 0.1) is 10.1 Å². The summed E-state index contributed by atoms with van der Waals surface area (Å²) < 4.78 is 5.49. The fourth-order valence-corrected chi connectivity index (χ4v) is 2.18. The molecule has 0 aliphatic heterocycles. The Hall–Kier alpha value is -1.82. The molecule has 1 N–H and O–H groups in total. The third-order valence-electron chi connectivity index (χ3n) is 3.26. The van der Waals surface area contributed by atoms with Gasteiger partial charge in [0.1, 0.15) is 0 Å². The lowest BCUT2D eigenvalue weighted by atomic mass is 10.2. The van der Waals surface area contributed by atoms with Gasteiger partial charge in [-0.15, -0.1) is 0 Å². The van der Waals surface area contributed by atoms with Crippen LogP contribution in [0.5, 0.6) is 5.75 Å². The Bertz CT molecular complexity index is 474. The molecule has 1 aliphatic rings. The first-order valence-corrected chi connectivity index (χ1v) is 6.96. The number of rotatable bonds is 8. The molecule has 0 unspecified atom stereocenters. The Kier molecular flexibility index (Phi) is 4.79. The molecule has 20 heavy (non-hydrogen) atoms. The first kappa shape index (κ1) is 14.6. The molecule has 1 aromatic carbocycles. The predicted molar refractivity (Wildman–Crippen MR) is 76.3 cm³/mol. The summed E-state index contributed by atoms with van der Waals surface area (Å²) in [4.78, 5) is 12.7. The summed E-state index contributed by atoms with van der Waals surface area (Å²) in [5.74, 6) is 0.304. The zero-order valence-corrected chi connectivity index (χ0v) is 11.6. The number of ether oxygens (including phenoxy) is 1. The molecule has 1 fully saturated rings. The van der Waals surface area contributed by atoms with Crippen LogP contribution in [0.3, 0.4) is 0 Å². The quantitative estimate of drug-likeness (QED) is 0.584. The number of anilines is 1. The highest BCUT2D eigenvalue weighted by atomic mass is 16.6. The topological polar surface area (TPSA) is 75.8 Å². The van der Waals surface area contributed by atoms with E-state index in [1.165, 1.54) is 6.07 Å². The molecule has 110 valence electrons. The largest absolute Gasteiger partial charge is 0.487 e. The zero-order valence-electron chi connectivity index (χ0n) is 11.6. The van der Waals surface area contributed by atoms with Crippen LogP contribution >= 0.6 is 0 Å². The van der Waals surface area contributed by atoms with Crippen molar-refractivity contribution in [2.45, 2.75) is 32.2 Å². The number of hydrogen-bond donors (Lipinski definition) is 1. The van der Waals surface area contributed by atoms with Crippen molar-refractivity contribution < 1.29 is 14.8 Å². The predicted octanol–water partition coefficient (Wildman–Crippen LogP) is 2.34. The number of nitrogens with zero attached hydrogens (tertiary/aromatic N) is 2. The van der Waals surface area contributed by atoms with Crippen molar-refractivity contribution in [3.05, 3.63) is 28.3 Å². The molecule has 0 bridgehead atoms. The molecule has 0 atom stereocenters. The van der Waals surface area contributed by atoms with E-state index in [-0.39, 0.29) is 12.3 Å². The van der Waals surface area contributed by atoms with Crippen LogP contribution in [0.25, 0.3) is 0 Å². The van der Waals surface area contributed by atoms with Gasteiger partial charge in [0.15, 0.2) is 5.75 Å². The van der Waals surface area contributed by atoms with Crippen LogP contribution in [0.4, 0.5) is 11.4 Å². The summed E-state index contributed by atoms with van der Waals surface area (Å²) in [6.07, 6.45) is 2.99. The Morgan fingerprint density at radius 1 is 1.50 bits per heavy atom. The summed E-state index contributed by atoms with van der Waals surface area (Å²) in [5.41, 5.74) is 0.861. The molecule has 0 radical (unpaired) electrons. The highest BCUT2D eigenvalue weighted by molar-refractivity contribution is 5.60. The maximum absolute atomic E-state index is 11.0. The molecule has 0 saturated heterocycles. The fraction of sp³-hybridized carbons (Fsp3) is 0.571. The molecule has 0 heterocycles. The molecule has 0 amide bonds. The molecular formula is C14H20N2O4. The fourth-order valence-electron chi connectivity index (χ4n) is 2.18. The van der Waals surface area contributed by atoms with E-state index < -0.39 is 4.92 Å². The Balaban J connectivity index is 2.26. The van der Waals surface area contributed by atoms with E-state index in [4.69, 9.17) is 9.84 Å². The monoisotopic (exact) mass is 280 g/mol. The van der Waals surface area contributed by atoms with Crippen LogP contribution in [0.15, 0.2) is 18.2 Å². The minimum absolute atomic E-state index is 0.0121. The number of nitro groups is 1. The van der Waals surface area contributed by atoms with Gasteiger partial charge in [0.05, 0.1) is 18.1 Å². The summed E-state index contributed by atoms with van der Waals surface area (Å²) in [7, 11) is 0. The average molecular weight is 280 g/mol. The van der Waals surface area contributed by atoms with Gasteiger partial charge in [-0.25, -0.2) is 0 Å². The van der Waals surface area contributed by atoms with Crippen molar-refractivity contribution in [1.29, 1.82) is 0 Å². The van der Waals surface area contributed by atoms with Gasteiger partial charge in [-0.05, 0) is 25.3 Å². The van der Waals surface area contributed by atoms with Crippen LogP contribution in [0.2, 0.25) is 0 Å². The van der Waals surface area contributed by atoms with E-state index >= 15 is 0 Å². The molecule has 1 saturated carbocycles. The number of aliphatic hydroxyl groups is 1. The molecule has 6 nitrogen and oxygen atoms in total. The normalized spacial score (nSPS) is 14.1. The number of benzene rings is 1. The highest BCUT2D eigenvalue weighted by Crippen LogP contribution is 2.36. The van der Waals surface area contributed by atoms with E-state index in [0.717, 1.165) is 24.9 Å². The van der Waals surface area contributed by atoms with E-state index in [2.05, 4.69) is 4.90 Å². The molecule has 1 aliphatic carbocycles. The molecule has 6 heteroatoms. The van der Waals surface area contributed by atoms with Crippen molar-refractivity contribution in [3.63, 3.8) is 0 Å². The van der Waals surface area contributed by atoms with Crippen molar-refractivity contribution in [1.82, 2.24) is 0 Å². The lowest BCUT2D eigenvalue weighted by Gasteiger charge is -2.24. The summed E-state index contributed by atoms with van der Waals surface area (Å²) in [6.45, 7) is 3.01. The van der Waals surface area contributed by atoms with Crippen LogP contribution in [-0.2, 0) is 0 Å². The van der Waals surface area contributed by atoms with Crippen molar-refractivity contribution in [2.24, 2.45) is 0 Å². The Morgan fingerprint density at radius 2 is 2.25 bits per heavy atom. The van der Waals surface area contributed by atoms with E-state index in [1.807, 2.05) is 6.92 Å². The van der Waals surface area contributed by atoms with Crippen LogP contribution in [0.1, 0.15) is 26.2 Å². The van der Waals surface area contributed by atoms with Crippen LogP contribution in [-0.4, -0.2) is 35.8 Å². The van der Waals surface area contributed by atoms with Gasteiger partial charge < -0.3 is 14.7 Å². The first-order chi connectivity index (χ1) is 9.67. The van der Waals surface area contributed by atoms with Gasteiger partial charge in [0, 0.05) is 30.4 Å². The third-order valence-corrected chi connectivity index (χ3v) is 3.26. The smallest absolute Gasteiger partial charge is 0.311 e. The zero-order chi connectivity index (χ0) is 14.5. The molecule has 2 rings (SSSR count). The standard InChI is InChI=1S/C14H20N2O4/c1-2-9-20-14-10-12(5-6-13(14)16(18)19)15(7-8-17)11-3-4-11/h5-6,10-11,17H,2-4,7-9H2,1H3. The Labute approximate surface area is 118 Å². The molecular weight excluding hydrogens is 260 g/mol. The summed E-state index contributed by atoms with van der Waals surface area (Å²) in [6, 6.07) is 5.35. The van der Waals surface area contributed by atoms with E-state index in [9.17, 15) is 10.1 Å². The second-order valence-electron chi connectivity index (χ2n) is 4.91. The second kappa shape index (κ2) is 6.56. The highest BCUT2D eigenvalue weighted by Gasteiger charge is 2.30. The average Bonchev–Trinajstić information content (AvgIpc) is 3.26. The van der Waals surface area contributed by atoms with Crippen LogP contribution < -0.4 is 9.64 Å². The maximum atomic E-state index is 11.0. The third kappa shape index (κ3) is 3.39. The lowest BCUT2D eigenvalue weighted by molar-refractivity contribution is -0.385. The summed E-state index contributed by atoms with van der Waals surface area (Å²) >= 11 is 0. The van der Waals surface area contributed by atoms with Gasteiger partial charge in [0.2, 0.25) is 0 Å². The minimum Gasteiger partial charge on any atom is -0.487 e. The Morgan fingerprint density at radius 3 is 2.80 bits per heavy atom. The molecule has 1 aromatic rings. The first-order valence-electron chi connectivity index (χ1n) is 6.96. The number of hydrogen-bond acceptors (Lipinski definition) is 5. The molecule has 0 aromatic heterocycles. The number of aliphatic hydroxyl groups excluding tert-OH is 1. The SMILES string of the molecule is CCCOc1cc(N(CCO)C2CC2)ccc1[N+](=O)[O-]. The molecule has 0 spiro atoms.